The van der Waals surface area contributed by atoms with Crippen molar-refractivity contribution in [1.82, 2.24) is 0 Å². The van der Waals surface area contributed by atoms with Gasteiger partial charge < -0.3 is 0 Å². The van der Waals surface area contributed by atoms with Crippen molar-refractivity contribution >= 4 is 12.0 Å². The minimum Gasteiger partial charge on any atom is -0.290 e. The molecule has 0 aliphatic carbocycles. The third-order valence-electron chi connectivity index (χ3n) is 2.21. The molecular formula is C12H15NO. The van der Waals surface area contributed by atoms with Crippen molar-refractivity contribution in [3.63, 3.8) is 0 Å². The van der Waals surface area contributed by atoms with Crippen LogP contribution in [0.5, 0.6) is 0 Å². The van der Waals surface area contributed by atoms with Gasteiger partial charge in [-0.3, -0.25) is 9.79 Å². The van der Waals surface area contributed by atoms with Crippen molar-refractivity contribution in [3.8, 4) is 0 Å². The number of allylic oxidation sites excluding steroid dienone is 4. The van der Waals surface area contributed by atoms with Crippen LogP contribution < -0.4 is 0 Å². The molecule has 0 amide bonds. The smallest absolute Gasteiger partial charge is 0.178 e. The first-order chi connectivity index (χ1) is 6.65. The van der Waals surface area contributed by atoms with Gasteiger partial charge in [-0.15, -0.1) is 0 Å². The molecule has 0 aromatic heterocycles. The van der Waals surface area contributed by atoms with E-state index in [0.29, 0.717) is 0 Å². The van der Waals surface area contributed by atoms with Gasteiger partial charge in [0.25, 0.3) is 0 Å². The lowest BCUT2D eigenvalue weighted by atomic mass is 10.0. The molecule has 2 nitrogen and oxygen atoms in total. The molecule has 0 N–H and O–H groups in total. The molecule has 0 unspecified atom stereocenters. The van der Waals surface area contributed by atoms with E-state index in [0.717, 1.165) is 24.1 Å². The zero-order chi connectivity index (χ0) is 10.6. The highest BCUT2D eigenvalue weighted by Crippen LogP contribution is 2.22. The molecule has 2 heteroatoms. The third-order valence-corrected chi connectivity index (χ3v) is 2.21. The van der Waals surface area contributed by atoms with E-state index in [1.54, 1.807) is 6.08 Å². The lowest BCUT2D eigenvalue weighted by Crippen LogP contribution is -1.98. The van der Waals surface area contributed by atoms with Gasteiger partial charge in [0, 0.05) is 6.21 Å². The number of carbonyl (C=O) groups is 1. The van der Waals surface area contributed by atoms with Gasteiger partial charge in [0.1, 0.15) is 0 Å². The average molecular weight is 189 g/mol. The van der Waals surface area contributed by atoms with Gasteiger partial charge in [-0.1, -0.05) is 6.58 Å². The van der Waals surface area contributed by atoms with Crippen LogP contribution >= 0.6 is 0 Å². The summed E-state index contributed by atoms with van der Waals surface area (Å²) in [6.45, 7) is 7.39. The first kappa shape index (κ1) is 10.6. The quantitative estimate of drug-likeness (QED) is 0.628. The SMILES string of the molecule is C=CC(=O)/C=C(\C)C1=C(C)CCC=N1. The fourth-order valence-corrected chi connectivity index (χ4v) is 1.44. The zero-order valence-electron chi connectivity index (χ0n) is 8.71. The van der Waals surface area contributed by atoms with E-state index in [1.807, 2.05) is 13.1 Å². The van der Waals surface area contributed by atoms with Gasteiger partial charge in [0.05, 0.1) is 5.70 Å². The maximum Gasteiger partial charge on any atom is 0.178 e. The standard InChI is InChI=1S/C12H15NO/c1-4-11(14)8-10(3)12-9(2)6-5-7-13-12/h4,7-8H,1,5-6H2,2-3H3/b10-8+. The maximum absolute atomic E-state index is 11.1. The summed E-state index contributed by atoms with van der Waals surface area (Å²) in [6, 6.07) is 0. The topological polar surface area (TPSA) is 29.4 Å². The molecule has 1 rings (SSSR count). The fraction of sp³-hybridized carbons (Fsp3) is 0.333. The van der Waals surface area contributed by atoms with Gasteiger partial charge in [-0.2, -0.15) is 0 Å². The van der Waals surface area contributed by atoms with E-state index < -0.39 is 0 Å². The van der Waals surface area contributed by atoms with Crippen LogP contribution in [0.3, 0.4) is 0 Å². The monoisotopic (exact) mass is 189 g/mol. The highest BCUT2D eigenvalue weighted by atomic mass is 16.1. The molecule has 74 valence electrons. The second-order valence-electron chi connectivity index (χ2n) is 3.41. The molecular weight excluding hydrogens is 174 g/mol. The summed E-state index contributed by atoms with van der Waals surface area (Å²) in [5.41, 5.74) is 3.12. The minimum atomic E-state index is -0.0661. The number of aliphatic imine (C=N–C) groups is 1. The molecule has 0 bridgehead atoms. The van der Waals surface area contributed by atoms with Crippen LogP contribution in [0.2, 0.25) is 0 Å². The molecule has 1 aliphatic heterocycles. The molecule has 0 aromatic carbocycles. The second-order valence-corrected chi connectivity index (χ2v) is 3.41. The lowest BCUT2D eigenvalue weighted by Gasteiger charge is -2.11. The number of rotatable bonds is 3. The van der Waals surface area contributed by atoms with Crippen LogP contribution in [0.25, 0.3) is 0 Å². The molecule has 0 aromatic rings. The van der Waals surface area contributed by atoms with Gasteiger partial charge in [0.15, 0.2) is 5.78 Å². The van der Waals surface area contributed by atoms with Crippen LogP contribution in [0.1, 0.15) is 26.7 Å². The first-order valence-corrected chi connectivity index (χ1v) is 4.72. The summed E-state index contributed by atoms with van der Waals surface area (Å²) in [5, 5.41) is 0. The Balaban J connectivity index is 2.93. The Labute approximate surface area is 84.7 Å². The van der Waals surface area contributed by atoms with Crippen LogP contribution in [-0.2, 0) is 4.79 Å². The molecule has 0 saturated carbocycles. The van der Waals surface area contributed by atoms with Crippen molar-refractivity contribution < 1.29 is 4.79 Å². The molecule has 0 radical (unpaired) electrons. The predicted molar refractivity (Wildman–Crippen MR) is 59.4 cm³/mol. The second kappa shape index (κ2) is 4.70. The number of ketones is 1. The van der Waals surface area contributed by atoms with Crippen LogP contribution in [-0.4, -0.2) is 12.0 Å². The average Bonchev–Trinajstić information content (AvgIpc) is 2.18. The van der Waals surface area contributed by atoms with E-state index >= 15 is 0 Å². The zero-order valence-corrected chi connectivity index (χ0v) is 8.71. The van der Waals surface area contributed by atoms with Crippen molar-refractivity contribution in [2.75, 3.05) is 0 Å². The van der Waals surface area contributed by atoms with E-state index in [9.17, 15) is 4.79 Å². The van der Waals surface area contributed by atoms with Crippen LogP contribution in [0, 0.1) is 0 Å². The van der Waals surface area contributed by atoms with Gasteiger partial charge in [-0.25, -0.2) is 0 Å². The Morgan fingerprint density at radius 2 is 2.36 bits per heavy atom. The normalized spacial score (nSPS) is 17.1. The summed E-state index contributed by atoms with van der Waals surface area (Å²) in [4.78, 5) is 15.4. The van der Waals surface area contributed by atoms with E-state index in [1.165, 1.54) is 11.6 Å². The summed E-state index contributed by atoms with van der Waals surface area (Å²) >= 11 is 0. The molecule has 0 atom stereocenters. The largest absolute Gasteiger partial charge is 0.290 e. The maximum atomic E-state index is 11.1. The highest BCUT2D eigenvalue weighted by molar-refractivity contribution is 5.99. The van der Waals surface area contributed by atoms with Gasteiger partial charge in [-0.05, 0) is 50.0 Å². The highest BCUT2D eigenvalue weighted by Gasteiger charge is 2.07. The molecule has 1 heterocycles. The van der Waals surface area contributed by atoms with Crippen LogP contribution in [0.15, 0.2) is 40.6 Å². The Morgan fingerprint density at radius 1 is 1.64 bits per heavy atom. The van der Waals surface area contributed by atoms with Gasteiger partial charge in [0.2, 0.25) is 0 Å². The summed E-state index contributed by atoms with van der Waals surface area (Å²) in [5.74, 6) is -0.0661. The first-order valence-electron chi connectivity index (χ1n) is 4.72. The third kappa shape index (κ3) is 2.52. The Bertz CT molecular complexity index is 345. The van der Waals surface area contributed by atoms with Gasteiger partial charge >= 0.3 is 0 Å². The minimum absolute atomic E-state index is 0.0661. The molecule has 0 saturated heterocycles. The Kier molecular flexibility index (Phi) is 3.57. The van der Waals surface area contributed by atoms with Crippen molar-refractivity contribution in [1.29, 1.82) is 0 Å². The molecule has 1 aliphatic rings. The Hall–Kier alpha value is -1.44. The summed E-state index contributed by atoms with van der Waals surface area (Å²) in [7, 11) is 0. The molecule has 0 spiro atoms. The Morgan fingerprint density at radius 3 is 2.93 bits per heavy atom. The summed E-state index contributed by atoms with van der Waals surface area (Å²) in [6.07, 6.45) is 6.82. The van der Waals surface area contributed by atoms with Crippen LogP contribution in [0.4, 0.5) is 0 Å². The number of carbonyl (C=O) groups excluding carboxylic acids is 1. The lowest BCUT2D eigenvalue weighted by molar-refractivity contribution is -0.110. The van der Waals surface area contributed by atoms with E-state index in [-0.39, 0.29) is 5.78 Å². The molecule has 14 heavy (non-hydrogen) atoms. The predicted octanol–water partition coefficient (Wildman–Crippen LogP) is 2.83. The van der Waals surface area contributed by atoms with Crippen molar-refractivity contribution in [2.24, 2.45) is 4.99 Å². The summed E-state index contributed by atoms with van der Waals surface area (Å²) < 4.78 is 0. The number of nitrogens with zero attached hydrogens (tertiary/aromatic N) is 1. The number of hydrogen-bond acceptors (Lipinski definition) is 2. The fourth-order valence-electron chi connectivity index (χ4n) is 1.44. The van der Waals surface area contributed by atoms with Crippen molar-refractivity contribution in [2.45, 2.75) is 26.7 Å². The van der Waals surface area contributed by atoms with E-state index in [2.05, 4.69) is 18.5 Å². The molecule has 0 fully saturated rings. The van der Waals surface area contributed by atoms with Crippen molar-refractivity contribution in [3.05, 3.63) is 35.6 Å². The van der Waals surface area contributed by atoms with E-state index in [4.69, 9.17) is 0 Å². The number of hydrogen-bond donors (Lipinski definition) is 0.